The predicted octanol–water partition coefficient (Wildman–Crippen LogP) is 10.8. The fourth-order valence-corrected chi connectivity index (χ4v) is 15.4. The number of hydrogen-bond acceptors (Lipinski definition) is 1. The molecule has 0 fully saturated rings. The van der Waals surface area contributed by atoms with Gasteiger partial charge in [0.2, 0.25) is 5.11 Å². The summed E-state index contributed by atoms with van der Waals surface area (Å²) in [7, 11) is 17.0. The number of rotatable bonds is 2. The molecule has 0 aliphatic carbocycles. The van der Waals surface area contributed by atoms with Gasteiger partial charge < -0.3 is 40.2 Å². The average molecular weight is 573 g/mol. The lowest BCUT2D eigenvalue weighted by Gasteiger charge is -2.03. The molecule has 0 aliphatic heterocycles. The Morgan fingerprint density at radius 2 is 1.06 bits per heavy atom. The van der Waals surface area contributed by atoms with Crippen LogP contribution in [-0.4, -0.2) is 9.39 Å². The molecule has 0 amide bonds. The number of halogens is 12. The highest BCUT2D eigenvalue weighted by atomic mass is 36.1. The molecule has 0 atom stereocenters. The normalized spacial score (nSPS) is 13.6. The molecule has 112 valence electrons. The van der Waals surface area contributed by atoms with E-state index in [1.807, 2.05) is 0 Å². The highest BCUT2D eigenvalue weighted by Crippen LogP contribution is 2.85. The molecule has 2 nitrogen and oxygen atoms in total. The first-order valence-corrected chi connectivity index (χ1v) is 22.4. The lowest BCUT2D eigenvalue weighted by atomic mass is 13.9. The van der Waals surface area contributed by atoms with Crippen molar-refractivity contribution in [2.45, 2.75) is 0 Å². The first-order chi connectivity index (χ1) is 7.41. The highest BCUT2D eigenvalue weighted by molar-refractivity contribution is 8.35. The van der Waals surface area contributed by atoms with Crippen LogP contribution in [-0.2, 0) is 0 Å². The molecule has 0 aromatic rings. The molecule has 0 saturated heterocycles. The third-order valence-electron chi connectivity index (χ3n) is 0.418. The van der Waals surface area contributed by atoms with Gasteiger partial charge in [0, 0.05) is 0 Å². The molecule has 18 heavy (non-hydrogen) atoms. The minimum Gasteiger partial charge on any atom is -0.391 e. The topological polar surface area (TPSA) is 24.7 Å². The average Bonchev–Trinajstić information content (AvgIpc) is 1.64. The van der Waals surface area contributed by atoms with E-state index in [2.05, 4.69) is 9.03 Å². The van der Waals surface area contributed by atoms with Gasteiger partial charge in [0.05, 0.1) is 0 Å². The molecule has 18 heteroatoms. The molecular formula is AlCl12N2P3. The van der Waals surface area contributed by atoms with E-state index in [0.29, 0.717) is 0 Å². The fourth-order valence-electron chi connectivity index (χ4n) is 0.262. The van der Waals surface area contributed by atoms with Gasteiger partial charge in [-0.15, -0.1) is 0 Å². The first kappa shape index (κ1) is 25.1. The van der Waals surface area contributed by atoms with Crippen LogP contribution >= 0.6 is 147 Å². The van der Waals surface area contributed by atoms with E-state index in [1.165, 1.54) is 0 Å². The van der Waals surface area contributed by atoms with Crippen LogP contribution < -0.4 is 0 Å². The monoisotopic (exact) mass is 568 g/mol. The molecule has 0 aliphatic rings. The van der Waals surface area contributed by atoms with Crippen molar-refractivity contribution in [2.24, 2.45) is 9.03 Å². The van der Waals surface area contributed by atoms with Gasteiger partial charge in [0.15, 0.2) is 33.7 Å². The van der Waals surface area contributed by atoms with Gasteiger partial charge in [-0.05, 0) is 60.7 Å². The maximum absolute atomic E-state index is 5.60. The van der Waals surface area contributed by atoms with Crippen molar-refractivity contribution in [3.63, 3.8) is 0 Å². The van der Waals surface area contributed by atoms with Gasteiger partial charge in [-0.25, -0.2) is 0 Å². The molecule has 0 radical (unpaired) electrons. The van der Waals surface area contributed by atoms with E-state index in [4.69, 9.17) is 130 Å². The highest BCUT2D eigenvalue weighted by Gasteiger charge is 2.37. The van der Waals surface area contributed by atoms with Crippen molar-refractivity contribution in [1.82, 2.24) is 0 Å². The minimum absolute atomic E-state index is 2.94. The molecular weight excluding hydrogens is 573 g/mol. The molecule has 0 aromatic carbocycles. The van der Waals surface area contributed by atoms with Crippen LogP contribution in [0.1, 0.15) is 0 Å². The van der Waals surface area contributed by atoms with Crippen molar-refractivity contribution in [1.29, 1.82) is 0 Å². The van der Waals surface area contributed by atoms with Crippen LogP contribution in [0.3, 0.4) is 0 Å². The lowest BCUT2D eigenvalue weighted by Crippen LogP contribution is -1.91. The Kier molecular flexibility index (Phi) is 14.0. The quantitative estimate of drug-likeness (QED) is 0.232. The largest absolute Gasteiger partial charge is 0.564 e. The van der Waals surface area contributed by atoms with Crippen LogP contribution in [0, 0.1) is 0 Å². The lowest BCUT2D eigenvalue weighted by molar-refractivity contribution is 1.93. The second kappa shape index (κ2) is 10.0. The summed E-state index contributed by atoms with van der Waals surface area (Å²) in [5.41, 5.74) is -3.05. The van der Waals surface area contributed by atoms with Crippen molar-refractivity contribution in [3.05, 3.63) is 0 Å². The van der Waals surface area contributed by atoms with Gasteiger partial charge in [0.1, 0.15) is 0 Å². The van der Waals surface area contributed by atoms with Crippen molar-refractivity contribution in [3.8, 4) is 0 Å². The van der Waals surface area contributed by atoms with E-state index in [1.54, 1.807) is 0 Å². The zero-order chi connectivity index (χ0) is 15.4. The van der Waals surface area contributed by atoms with Gasteiger partial charge >= 0.3 is 14.9 Å². The summed E-state index contributed by atoms with van der Waals surface area (Å²) in [4.78, 5) is 0. The van der Waals surface area contributed by atoms with Crippen molar-refractivity contribution >= 4 is 156 Å². The van der Waals surface area contributed by atoms with Gasteiger partial charge in [-0.3, -0.25) is 0 Å². The molecule has 0 bridgehead atoms. The van der Waals surface area contributed by atoms with E-state index >= 15 is 0 Å². The van der Waals surface area contributed by atoms with Crippen LogP contribution in [0.25, 0.3) is 0 Å². The zero-order valence-electron chi connectivity index (χ0n) is 7.35. The van der Waals surface area contributed by atoms with Crippen LogP contribution in [0.4, 0.5) is 0 Å². The Bertz CT molecular complexity index is 336. The summed E-state index contributed by atoms with van der Waals surface area (Å²) in [6.45, 7) is 0. The second-order valence-corrected chi connectivity index (χ2v) is 34.1. The van der Waals surface area contributed by atoms with E-state index in [9.17, 15) is 0 Å². The molecule has 0 spiro atoms. The van der Waals surface area contributed by atoms with Crippen molar-refractivity contribution < 1.29 is 0 Å². The molecule has 0 unspecified atom stereocenters. The zero-order valence-corrected chi connectivity index (χ0v) is 20.3. The molecule has 0 heterocycles. The molecule has 0 N–H and O–H groups in total. The first-order valence-electron chi connectivity index (χ1n) is 3.03. The maximum Gasteiger partial charge on any atom is 0.564 e. The second-order valence-electron chi connectivity index (χ2n) is 1.97. The number of nitrogens with zero attached hydrogens (tertiary/aromatic N) is 2. The van der Waals surface area contributed by atoms with E-state index in [-0.39, 0.29) is 0 Å². The van der Waals surface area contributed by atoms with Gasteiger partial charge in [-0.1, -0.05) is 0 Å². The fraction of sp³-hybridized carbons (Fsp3) is 0. The third-order valence-corrected chi connectivity index (χ3v) is 9.85. The van der Waals surface area contributed by atoms with E-state index in [0.717, 1.165) is 0 Å². The Labute approximate surface area is 162 Å². The van der Waals surface area contributed by atoms with Crippen LogP contribution in [0.5, 0.6) is 0 Å². The molecule has 0 aromatic heterocycles. The SMILES string of the molecule is ClP(Cl)(Cl)=NP(Cl)(Cl)=N[P+](Cl)(Cl)Cl.[Cl][Al-]([Cl])([Cl])[Cl]. The summed E-state index contributed by atoms with van der Waals surface area (Å²) >= 11 is 43.6. The predicted molar refractivity (Wildman–Crippen MR) is 102 cm³/mol. The Morgan fingerprint density at radius 3 is 1.22 bits per heavy atom. The van der Waals surface area contributed by atoms with Crippen LogP contribution in [0.15, 0.2) is 9.03 Å². The Morgan fingerprint density at radius 1 is 0.778 bits per heavy atom. The Hall–Kier alpha value is 4.90. The smallest absolute Gasteiger partial charge is 0.391 e. The summed E-state index contributed by atoms with van der Waals surface area (Å²) in [5, 5.41) is -3.05. The minimum atomic E-state index is -3.18. The maximum atomic E-state index is 5.60. The summed E-state index contributed by atoms with van der Waals surface area (Å²) in [6.07, 6.45) is 0. The van der Waals surface area contributed by atoms with Crippen LogP contribution in [0.2, 0.25) is 0 Å². The molecule has 0 rings (SSSR count). The summed E-state index contributed by atoms with van der Waals surface area (Å²) in [6, 6.07) is 0. The van der Waals surface area contributed by atoms with Crippen molar-refractivity contribution in [2.75, 3.05) is 0 Å². The summed E-state index contributed by atoms with van der Waals surface area (Å²) < 4.78 is 6.97. The summed E-state index contributed by atoms with van der Waals surface area (Å²) in [5.74, 6) is -3.18. The van der Waals surface area contributed by atoms with E-state index < -0.39 is 25.9 Å². The standard InChI is InChI=1S/Al.Cl8N2P3.4ClH/c;1-11(2,3)9-13(7,8)10-12(4,5)6;;;;/h;;4*1H/q+3;+1;;;;/p-4. The third kappa shape index (κ3) is 29.0. The Balaban J connectivity index is 0. The van der Waals surface area contributed by atoms with Gasteiger partial charge in [-0.2, -0.15) is 4.52 Å². The number of hydrogen-bond donors (Lipinski definition) is 0. The van der Waals surface area contributed by atoms with Gasteiger partial charge in [0.25, 0.3) is 5.91 Å². The molecule has 0 saturated carbocycles.